The van der Waals surface area contributed by atoms with Crippen LogP contribution in [0.25, 0.3) is 5.78 Å². The summed E-state index contributed by atoms with van der Waals surface area (Å²) in [6.07, 6.45) is 1.63. The first-order chi connectivity index (χ1) is 8.58. The highest BCUT2D eigenvalue weighted by atomic mass is 16.5. The Morgan fingerprint density at radius 2 is 2.17 bits per heavy atom. The lowest BCUT2D eigenvalue weighted by Gasteiger charge is -2.08. The minimum atomic E-state index is -0.436. The van der Waals surface area contributed by atoms with E-state index < -0.39 is 5.97 Å². The van der Waals surface area contributed by atoms with Crippen LogP contribution in [0, 0.1) is 13.8 Å². The van der Waals surface area contributed by atoms with Crippen molar-refractivity contribution >= 4 is 11.7 Å². The summed E-state index contributed by atoms with van der Waals surface area (Å²) in [4.78, 5) is 20.1. The molecule has 2 N–H and O–H groups in total. The molecule has 18 heavy (non-hydrogen) atoms. The number of fused-ring (bicyclic) bond motifs is 1. The topological polar surface area (TPSA) is 82.5 Å². The molecule has 96 valence electrons. The second-order valence-corrected chi connectivity index (χ2v) is 3.98. The van der Waals surface area contributed by atoms with Gasteiger partial charge in [-0.1, -0.05) is 0 Å². The predicted molar refractivity (Wildman–Crippen MR) is 66.3 cm³/mol. The van der Waals surface area contributed by atoms with Crippen LogP contribution in [-0.2, 0) is 11.3 Å². The van der Waals surface area contributed by atoms with Crippen LogP contribution >= 0.6 is 0 Å². The summed E-state index contributed by atoms with van der Waals surface area (Å²) in [5.41, 5.74) is 8.71. The van der Waals surface area contributed by atoms with Crippen molar-refractivity contribution in [2.75, 3.05) is 6.61 Å². The molecule has 0 aliphatic carbocycles. The maximum Gasteiger partial charge on any atom is 0.358 e. The molecule has 0 saturated carbocycles. The van der Waals surface area contributed by atoms with Gasteiger partial charge in [0.25, 0.3) is 0 Å². The van der Waals surface area contributed by atoms with E-state index in [1.54, 1.807) is 17.5 Å². The molecule has 0 spiro atoms. The van der Waals surface area contributed by atoms with Gasteiger partial charge in [0.05, 0.1) is 6.61 Å². The number of aromatic nitrogens is 3. The number of hydrogen-bond donors (Lipinski definition) is 1. The van der Waals surface area contributed by atoms with E-state index >= 15 is 0 Å². The molecule has 6 nitrogen and oxygen atoms in total. The molecule has 2 heterocycles. The van der Waals surface area contributed by atoms with Gasteiger partial charge in [-0.15, -0.1) is 0 Å². The third kappa shape index (κ3) is 1.95. The molecular formula is C12H16N4O2. The number of ether oxygens (including phenoxy) is 1. The van der Waals surface area contributed by atoms with Gasteiger partial charge in [-0.25, -0.2) is 14.8 Å². The van der Waals surface area contributed by atoms with Crippen molar-refractivity contribution < 1.29 is 9.53 Å². The zero-order valence-corrected chi connectivity index (χ0v) is 10.7. The van der Waals surface area contributed by atoms with Gasteiger partial charge < -0.3 is 10.5 Å². The molecule has 0 aliphatic heterocycles. The van der Waals surface area contributed by atoms with Gasteiger partial charge >= 0.3 is 5.97 Å². The Hall–Kier alpha value is -1.95. The molecular weight excluding hydrogens is 232 g/mol. The first kappa shape index (κ1) is 12.5. The van der Waals surface area contributed by atoms with Crippen molar-refractivity contribution in [1.29, 1.82) is 0 Å². The van der Waals surface area contributed by atoms with Crippen LogP contribution < -0.4 is 5.73 Å². The number of carbonyl (C=O) groups is 1. The van der Waals surface area contributed by atoms with Gasteiger partial charge in [0.2, 0.25) is 5.78 Å². The monoisotopic (exact) mass is 248 g/mol. The Kier molecular flexibility index (Phi) is 3.29. The van der Waals surface area contributed by atoms with Gasteiger partial charge in [-0.05, 0) is 20.8 Å². The lowest BCUT2D eigenvalue weighted by atomic mass is 10.2. The lowest BCUT2D eigenvalue weighted by Crippen LogP contribution is -2.08. The molecule has 0 fully saturated rings. The smallest absolute Gasteiger partial charge is 0.358 e. The van der Waals surface area contributed by atoms with E-state index in [1.807, 2.05) is 13.8 Å². The van der Waals surface area contributed by atoms with Gasteiger partial charge in [-0.2, -0.15) is 0 Å². The lowest BCUT2D eigenvalue weighted by molar-refractivity contribution is 0.0520. The third-order valence-electron chi connectivity index (χ3n) is 2.88. The minimum Gasteiger partial charge on any atom is -0.461 e. The van der Waals surface area contributed by atoms with Gasteiger partial charge in [0.1, 0.15) is 0 Å². The van der Waals surface area contributed by atoms with E-state index in [0.717, 1.165) is 17.0 Å². The Morgan fingerprint density at radius 3 is 2.78 bits per heavy atom. The van der Waals surface area contributed by atoms with Crippen LogP contribution in [-0.4, -0.2) is 26.9 Å². The molecule has 0 amide bonds. The third-order valence-corrected chi connectivity index (χ3v) is 2.88. The van der Waals surface area contributed by atoms with Gasteiger partial charge in [-0.3, -0.25) is 4.40 Å². The molecule has 0 bridgehead atoms. The predicted octanol–water partition coefficient (Wildman–Crippen LogP) is 0.982. The largest absolute Gasteiger partial charge is 0.461 e. The molecule has 0 aromatic carbocycles. The SMILES string of the molecule is CCOC(=O)c1cn2c(C)c(CN)c(C)nc2n1. The number of rotatable bonds is 3. The second kappa shape index (κ2) is 4.73. The van der Waals surface area contributed by atoms with Crippen LogP contribution in [0.4, 0.5) is 0 Å². The van der Waals surface area contributed by atoms with E-state index in [4.69, 9.17) is 10.5 Å². The summed E-state index contributed by atoms with van der Waals surface area (Å²) in [6.45, 7) is 6.31. The van der Waals surface area contributed by atoms with E-state index in [0.29, 0.717) is 18.9 Å². The Morgan fingerprint density at radius 1 is 1.44 bits per heavy atom. The van der Waals surface area contributed by atoms with E-state index in [2.05, 4.69) is 9.97 Å². The molecule has 0 atom stereocenters. The quantitative estimate of drug-likeness (QED) is 0.819. The number of aryl methyl sites for hydroxylation is 2. The summed E-state index contributed by atoms with van der Waals surface area (Å²) >= 11 is 0. The van der Waals surface area contributed by atoms with Crippen LogP contribution in [0.1, 0.15) is 34.4 Å². The zero-order valence-electron chi connectivity index (χ0n) is 10.7. The normalized spacial score (nSPS) is 10.9. The van der Waals surface area contributed by atoms with Crippen LogP contribution in [0.15, 0.2) is 6.20 Å². The van der Waals surface area contributed by atoms with E-state index in [9.17, 15) is 4.79 Å². The highest BCUT2D eigenvalue weighted by molar-refractivity contribution is 5.87. The molecule has 6 heteroatoms. The maximum atomic E-state index is 11.6. The molecule has 0 aliphatic rings. The fraction of sp³-hybridized carbons (Fsp3) is 0.417. The fourth-order valence-electron chi connectivity index (χ4n) is 1.92. The van der Waals surface area contributed by atoms with E-state index in [1.165, 1.54) is 0 Å². The van der Waals surface area contributed by atoms with Crippen molar-refractivity contribution in [3.05, 3.63) is 28.8 Å². The van der Waals surface area contributed by atoms with Crippen LogP contribution in [0.3, 0.4) is 0 Å². The Balaban J connectivity index is 2.58. The molecule has 0 saturated heterocycles. The fourth-order valence-corrected chi connectivity index (χ4v) is 1.92. The average Bonchev–Trinajstić information content (AvgIpc) is 2.74. The van der Waals surface area contributed by atoms with Crippen LogP contribution in [0.5, 0.6) is 0 Å². The average molecular weight is 248 g/mol. The highest BCUT2D eigenvalue weighted by Crippen LogP contribution is 2.15. The summed E-state index contributed by atoms with van der Waals surface area (Å²) in [5, 5.41) is 0. The number of hydrogen-bond acceptors (Lipinski definition) is 5. The number of nitrogens with two attached hydrogens (primary N) is 1. The Bertz CT molecular complexity index is 604. The molecule has 0 unspecified atom stereocenters. The molecule has 2 rings (SSSR count). The number of imidazole rings is 1. The van der Waals surface area contributed by atoms with Gasteiger partial charge in [0, 0.05) is 29.7 Å². The standard InChI is InChI=1S/C12H16N4O2/c1-4-18-11(17)10-6-16-8(3)9(5-13)7(2)14-12(16)15-10/h6H,4-5,13H2,1-3H3. The maximum absolute atomic E-state index is 11.6. The summed E-state index contributed by atoms with van der Waals surface area (Å²) in [7, 11) is 0. The number of carbonyl (C=O) groups excluding carboxylic acids is 1. The van der Waals surface area contributed by atoms with Crippen LogP contribution in [0.2, 0.25) is 0 Å². The zero-order chi connectivity index (χ0) is 13.3. The summed E-state index contributed by atoms with van der Waals surface area (Å²) in [6, 6.07) is 0. The van der Waals surface area contributed by atoms with Crippen molar-refractivity contribution in [1.82, 2.24) is 14.4 Å². The highest BCUT2D eigenvalue weighted by Gasteiger charge is 2.15. The summed E-state index contributed by atoms with van der Waals surface area (Å²) < 4.78 is 6.68. The first-order valence-electron chi connectivity index (χ1n) is 5.80. The minimum absolute atomic E-state index is 0.265. The van der Waals surface area contributed by atoms with Crippen molar-refractivity contribution in [2.45, 2.75) is 27.3 Å². The molecule has 0 radical (unpaired) electrons. The molecule has 2 aromatic rings. The summed E-state index contributed by atoms with van der Waals surface area (Å²) in [5.74, 6) is 0.0552. The second-order valence-electron chi connectivity index (χ2n) is 3.98. The number of nitrogens with zero attached hydrogens (tertiary/aromatic N) is 3. The van der Waals surface area contributed by atoms with Crippen molar-refractivity contribution in [3.8, 4) is 0 Å². The van der Waals surface area contributed by atoms with Gasteiger partial charge in [0.15, 0.2) is 5.69 Å². The van der Waals surface area contributed by atoms with E-state index in [-0.39, 0.29) is 5.69 Å². The first-order valence-corrected chi connectivity index (χ1v) is 5.80. The van der Waals surface area contributed by atoms with Crippen molar-refractivity contribution in [3.63, 3.8) is 0 Å². The Labute approximate surface area is 105 Å². The number of esters is 1. The molecule has 2 aromatic heterocycles. The van der Waals surface area contributed by atoms with Crippen molar-refractivity contribution in [2.24, 2.45) is 5.73 Å².